The molecule has 1 heterocycles. The number of nitrogens with zero attached hydrogens (tertiary/aromatic N) is 3. The number of aryl methyl sites for hydroxylation is 1. The smallest absolute Gasteiger partial charge is 0.212 e. The molecule has 0 radical (unpaired) electrons. The second-order valence-corrected chi connectivity index (χ2v) is 2.49. The molecule has 0 aliphatic heterocycles. The molecule has 0 aromatic carbocycles. The van der Waals surface area contributed by atoms with Crippen LogP contribution < -0.4 is 0 Å². The third-order valence-electron chi connectivity index (χ3n) is 1.62. The van der Waals surface area contributed by atoms with Crippen molar-refractivity contribution in [2.45, 2.75) is 19.4 Å². The molecule has 1 N–H and O–H groups in total. The lowest BCUT2D eigenvalue weighted by Crippen LogP contribution is -2.00. The maximum absolute atomic E-state index is 8.58. The Labute approximate surface area is 71.1 Å². The van der Waals surface area contributed by atoms with Gasteiger partial charge in [-0.05, 0) is 12.8 Å². The van der Waals surface area contributed by atoms with E-state index in [4.69, 9.17) is 10.4 Å². The number of aliphatic hydroxyl groups is 1. The van der Waals surface area contributed by atoms with Crippen LogP contribution in [0, 0.1) is 11.3 Å². The van der Waals surface area contributed by atoms with Crippen molar-refractivity contribution in [3.05, 3.63) is 18.2 Å². The first-order valence-corrected chi connectivity index (χ1v) is 3.90. The van der Waals surface area contributed by atoms with Gasteiger partial charge < -0.3 is 9.67 Å². The zero-order valence-electron chi connectivity index (χ0n) is 6.77. The number of aliphatic hydroxyl groups excluding tert-OH is 1. The number of rotatable bonds is 4. The molecule has 0 saturated carbocycles. The molecule has 64 valence electrons. The minimum atomic E-state index is 0.205. The zero-order valence-corrected chi connectivity index (χ0v) is 6.77. The lowest BCUT2D eigenvalue weighted by atomic mass is 10.3. The van der Waals surface area contributed by atoms with Gasteiger partial charge in [0.1, 0.15) is 6.07 Å². The van der Waals surface area contributed by atoms with Crippen molar-refractivity contribution in [2.24, 2.45) is 0 Å². The van der Waals surface area contributed by atoms with Crippen LogP contribution in [-0.2, 0) is 6.54 Å². The van der Waals surface area contributed by atoms with Gasteiger partial charge in [-0.3, -0.25) is 0 Å². The van der Waals surface area contributed by atoms with Gasteiger partial charge in [-0.15, -0.1) is 0 Å². The van der Waals surface area contributed by atoms with Crippen molar-refractivity contribution in [1.29, 1.82) is 5.26 Å². The highest BCUT2D eigenvalue weighted by molar-refractivity contribution is 5.10. The first kappa shape index (κ1) is 8.75. The minimum Gasteiger partial charge on any atom is -0.396 e. The highest BCUT2D eigenvalue weighted by Gasteiger charge is 1.98. The Morgan fingerprint density at radius 2 is 2.42 bits per heavy atom. The van der Waals surface area contributed by atoms with E-state index >= 15 is 0 Å². The molecule has 12 heavy (non-hydrogen) atoms. The summed E-state index contributed by atoms with van der Waals surface area (Å²) in [4.78, 5) is 3.85. The van der Waals surface area contributed by atoms with E-state index in [1.807, 2.05) is 6.07 Å². The van der Waals surface area contributed by atoms with Gasteiger partial charge in [0, 0.05) is 25.5 Å². The van der Waals surface area contributed by atoms with Crippen LogP contribution in [0.25, 0.3) is 0 Å². The summed E-state index contributed by atoms with van der Waals surface area (Å²) in [6.45, 7) is 0.958. The third kappa shape index (κ3) is 2.07. The SMILES string of the molecule is N#Cc1nccn1CCCCO. The van der Waals surface area contributed by atoms with Gasteiger partial charge in [0.2, 0.25) is 5.82 Å². The summed E-state index contributed by atoms with van der Waals surface area (Å²) < 4.78 is 1.79. The van der Waals surface area contributed by atoms with Crippen molar-refractivity contribution >= 4 is 0 Å². The maximum Gasteiger partial charge on any atom is 0.212 e. The van der Waals surface area contributed by atoms with Crippen molar-refractivity contribution < 1.29 is 5.11 Å². The van der Waals surface area contributed by atoms with Crippen LogP contribution in [-0.4, -0.2) is 21.3 Å². The van der Waals surface area contributed by atoms with E-state index in [9.17, 15) is 0 Å². The molecule has 0 atom stereocenters. The average molecular weight is 165 g/mol. The Morgan fingerprint density at radius 1 is 1.58 bits per heavy atom. The fourth-order valence-electron chi connectivity index (χ4n) is 0.997. The van der Waals surface area contributed by atoms with E-state index in [1.165, 1.54) is 0 Å². The first-order chi connectivity index (χ1) is 5.88. The summed E-state index contributed by atoms with van der Waals surface area (Å²) in [5.41, 5.74) is 0. The molecule has 0 aliphatic carbocycles. The van der Waals surface area contributed by atoms with E-state index in [1.54, 1.807) is 17.0 Å². The molecule has 4 nitrogen and oxygen atoms in total. The number of hydrogen-bond acceptors (Lipinski definition) is 3. The third-order valence-corrected chi connectivity index (χ3v) is 1.62. The highest BCUT2D eigenvalue weighted by atomic mass is 16.2. The van der Waals surface area contributed by atoms with Crippen LogP contribution in [0.3, 0.4) is 0 Å². The van der Waals surface area contributed by atoms with E-state index in [0.29, 0.717) is 5.82 Å². The molecular weight excluding hydrogens is 154 g/mol. The van der Waals surface area contributed by atoms with Gasteiger partial charge in [-0.25, -0.2) is 4.98 Å². The fourth-order valence-corrected chi connectivity index (χ4v) is 0.997. The molecule has 0 amide bonds. The molecule has 0 bridgehead atoms. The number of nitriles is 1. The van der Waals surface area contributed by atoms with Gasteiger partial charge in [-0.2, -0.15) is 5.26 Å². The molecule has 0 spiro atoms. The number of hydrogen-bond donors (Lipinski definition) is 1. The lowest BCUT2D eigenvalue weighted by Gasteiger charge is -2.00. The Bertz CT molecular complexity index is 274. The molecule has 4 heteroatoms. The maximum atomic E-state index is 8.58. The van der Waals surface area contributed by atoms with Crippen LogP contribution in [0.5, 0.6) is 0 Å². The van der Waals surface area contributed by atoms with Crippen LogP contribution in [0.1, 0.15) is 18.7 Å². The molecule has 0 fully saturated rings. The summed E-state index contributed by atoms with van der Waals surface area (Å²) in [7, 11) is 0. The summed E-state index contributed by atoms with van der Waals surface area (Å²) in [5, 5.41) is 17.1. The summed E-state index contributed by atoms with van der Waals surface area (Å²) in [5.74, 6) is 0.438. The zero-order chi connectivity index (χ0) is 8.81. The van der Waals surface area contributed by atoms with Gasteiger partial charge in [-0.1, -0.05) is 0 Å². The predicted octanol–water partition coefficient (Wildman–Crippen LogP) is 0.527. The molecule has 0 saturated heterocycles. The standard InChI is InChI=1S/C8H11N3O/c9-7-8-10-3-5-11(8)4-1-2-6-12/h3,5,12H,1-2,4,6H2. The molecule has 1 aromatic heterocycles. The first-order valence-electron chi connectivity index (χ1n) is 3.90. The van der Waals surface area contributed by atoms with Gasteiger partial charge in [0.15, 0.2) is 0 Å². The normalized spacial score (nSPS) is 9.67. The molecule has 1 rings (SSSR count). The Morgan fingerprint density at radius 3 is 3.08 bits per heavy atom. The second-order valence-electron chi connectivity index (χ2n) is 2.49. The Balaban J connectivity index is 2.46. The van der Waals surface area contributed by atoms with Gasteiger partial charge in [0.05, 0.1) is 0 Å². The summed E-state index contributed by atoms with van der Waals surface area (Å²) in [6, 6.07) is 1.99. The van der Waals surface area contributed by atoms with E-state index in [2.05, 4.69) is 4.98 Å². The predicted molar refractivity (Wildman–Crippen MR) is 43.3 cm³/mol. The van der Waals surface area contributed by atoms with Gasteiger partial charge >= 0.3 is 0 Å². The summed E-state index contributed by atoms with van der Waals surface area (Å²) >= 11 is 0. The van der Waals surface area contributed by atoms with Crippen LogP contribution >= 0.6 is 0 Å². The quantitative estimate of drug-likeness (QED) is 0.662. The largest absolute Gasteiger partial charge is 0.396 e. The van der Waals surface area contributed by atoms with Crippen molar-refractivity contribution in [2.75, 3.05) is 6.61 Å². The monoisotopic (exact) mass is 165 g/mol. The van der Waals surface area contributed by atoms with Crippen molar-refractivity contribution in [1.82, 2.24) is 9.55 Å². The lowest BCUT2D eigenvalue weighted by molar-refractivity contribution is 0.281. The average Bonchev–Trinajstić information content (AvgIpc) is 2.52. The van der Waals surface area contributed by atoms with E-state index in [-0.39, 0.29) is 6.61 Å². The fraction of sp³-hybridized carbons (Fsp3) is 0.500. The van der Waals surface area contributed by atoms with E-state index in [0.717, 1.165) is 19.4 Å². The van der Waals surface area contributed by atoms with Crippen LogP contribution in [0.2, 0.25) is 0 Å². The number of aromatic nitrogens is 2. The van der Waals surface area contributed by atoms with E-state index < -0.39 is 0 Å². The Hall–Kier alpha value is -1.34. The van der Waals surface area contributed by atoms with Gasteiger partial charge in [0.25, 0.3) is 0 Å². The molecule has 0 unspecified atom stereocenters. The minimum absolute atomic E-state index is 0.205. The second kappa shape index (κ2) is 4.52. The number of imidazole rings is 1. The van der Waals surface area contributed by atoms with Crippen LogP contribution in [0.4, 0.5) is 0 Å². The molecular formula is C8H11N3O. The molecule has 0 aliphatic rings. The Kier molecular flexibility index (Phi) is 3.30. The topological polar surface area (TPSA) is 61.8 Å². The molecule has 1 aromatic rings. The van der Waals surface area contributed by atoms with Crippen molar-refractivity contribution in [3.8, 4) is 6.07 Å². The van der Waals surface area contributed by atoms with Crippen molar-refractivity contribution in [3.63, 3.8) is 0 Å². The van der Waals surface area contributed by atoms with Crippen LogP contribution in [0.15, 0.2) is 12.4 Å². The highest BCUT2D eigenvalue weighted by Crippen LogP contribution is 1.99. The summed E-state index contributed by atoms with van der Waals surface area (Å²) in [6.07, 6.45) is 5.03. The number of unbranched alkanes of at least 4 members (excludes halogenated alkanes) is 1.